The number of halogens is 2. The maximum atomic E-state index is 12.2. The molecule has 3 aromatic rings. The number of nitrogens with two attached hydrogens (primary N) is 1. The van der Waals surface area contributed by atoms with E-state index in [1.54, 1.807) is 12.3 Å². The monoisotopic (exact) mass is 437 g/mol. The molecule has 154 valence electrons. The smallest absolute Gasteiger partial charge is 0.288 e. The van der Waals surface area contributed by atoms with E-state index < -0.39 is 4.92 Å². The van der Waals surface area contributed by atoms with Gasteiger partial charge in [0.1, 0.15) is 11.8 Å². The number of carbonyl (C=O) groups excluding carboxylic acids is 1. The van der Waals surface area contributed by atoms with E-state index in [9.17, 15) is 14.9 Å². The van der Waals surface area contributed by atoms with Gasteiger partial charge in [0, 0.05) is 41.9 Å². The van der Waals surface area contributed by atoms with Crippen molar-refractivity contribution >= 4 is 53.5 Å². The summed E-state index contributed by atoms with van der Waals surface area (Å²) in [6.07, 6.45) is 6.45. The molecule has 1 atom stereocenters. The predicted octanol–water partition coefficient (Wildman–Crippen LogP) is 3.01. The lowest BCUT2D eigenvalue weighted by Crippen LogP contribution is -2.40. The molecule has 3 rings (SSSR count). The van der Waals surface area contributed by atoms with Crippen LogP contribution in [0, 0.1) is 10.1 Å². The van der Waals surface area contributed by atoms with Gasteiger partial charge in [-0.2, -0.15) is 0 Å². The number of pyridine rings is 1. The summed E-state index contributed by atoms with van der Waals surface area (Å²) in [7, 11) is 0. The Kier molecular flexibility index (Phi) is 9.27. The quantitative estimate of drug-likeness (QED) is 0.297. The molecule has 0 saturated heterocycles. The van der Waals surface area contributed by atoms with E-state index in [0.717, 1.165) is 5.56 Å². The maximum absolute atomic E-state index is 12.2. The van der Waals surface area contributed by atoms with Gasteiger partial charge in [0.15, 0.2) is 0 Å². The van der Waals surface area contributed by atoms with Crippen molar-refractivity contribution in [1.82, 2.24) is 15.3 Å². The molecule has 0 fully saturated rings. The molecule has 10 heteroatoms. The molecule has 1 aromatic carbocycles. The van der Waals surface area contributed by atoms with Crippen molar-refractivity contribution in [3.8, 4) is 0 Å². The summed E-state index contributed by atoms with van der Waals surface area (Å²) in [4.78, 5) is 29.6. The lowest BCUT2D eigenvalue weighted by Gasteiger charge is -2.15. The topological polar surface area (TPSA) is 127 Å². The minimum atomic E-state index is -0.505. The van der Waals surface area contributed by atoms with Crippen LogP contribution in [0.4, 0.5) is 5.69 Å². The molecule has 8 nitrogen and oxygen atoms in total. The van der Waals surface area contributed by atoms with Crippen LogP contribution in [0.3, 0.4) is 0 Å². The molecule has 0 aliphatic carbocycles. The second-order valence-electron chi connectivity index (χ2n) is 6.06. The van der Waals surface area contributed by atoms with Crippen molar-refractivity contribution in [2.75, 3.05) is 6.54 Å². The zero-order chi connectivity index (χ0) is 19.2. The SMILES string of the molecule is Cl.Cl.NC[C@H](Cc1ccccc1)NC(=O)C=Cc1c[nH]c2ncc([N+](=O)[O-])cc12. The van der Waals surface area contributed by atoms with Crippen LogP contribution in [0.2, 0.25) is 0 Å². The molecule has 0 aliphatic rings. The summed E-state index contributed by atoms with van der Waals surface area (Å²) in [6.45, 7) is 0.317. The molecule has 0 aliphatic heterocycles. The lowest BCUT2D eigenvalue weighted by atomic mass is 10.1. The number of aromatic amines is 1. The minimum Gasteiger partial charge on any atom is -0.348 e. The average Bonchev–Trinajstić information content (AvgIpc) is 3.09. The Labute approximate surface area is 179 Å². The molecular weight excluding hydrogens is 417 g/mol. The van der Waals surface area contributed by atoms with Crippen LogP contribution in [0.25, 0.3) is 17.1 Å². The Bertz CT molecular complexity index is 992. The van der Waals surface area contributed by atoms with Crippen LogP contribution in [0.1, 0.15) is 11.1 Å². The van der Waals surface area contributed by atoms with Crippen LogP contribution in [0.5, 0.6) is 0 Å². The number of carbonyl (C=O) groups is 1. The molecule has 0 spiro atoms. The fraction of sp³-hybridized carbons (Fsp3) is 0.158. The summed E-state index contributed by atoms with van der Waals surface area (Å²) in [5.41, 5.74) is 7.91. The Morgan fingerprint density at radius 3 is 2.69 bits per heavy atom. The van der Waals surface area contributed by atoms with Crippen molar-refractivity contribution in [3.63, 3.8) is 0 Å². The highest BCUT2D eigenvalue weighted by Gasteiger charge is 2.12. The Morgan fingerprint density at radius 2 is 2.03 bits per heavy atom. The van der Waals surface area contributed by atoms with Gasteiger partial charge >= 0.3 is 0 Å². The summed E-state index contributed by atoms with van der Waals surface area (Å²) in [5, 5.41) is 14.4. The van der Waals surface area contributed by atoms with E-state index >= 15 is 0 Å². The zero-order valence-corrected chi connectivity index (χ0v) is 16.9. The second-order valence-corrected chi connectivity index (χ2v) is 6.06. The van der Waals surface area contributed by atoms with Crippen molar-refractivity contribution in [2.45, 2.75) is 12.5 Å². The van der Waals surface area contributed by atoms with Gasteiger partial charge in [-0.15, -0.1) is 24.8 Å². The molecule has 0 saturated carbocycles. The third kappa shape index (κ3) is 6.28. The van der Waals surface area contributed by atoms with Gasteiger partial charge in [-0.3, -0.25) is 14.9 Å². The van der Waals surface area contributed by atoms with Crippen LogP contribution in [-0.2, 0) is 11.2 Å². The number of H-pyrrole nitrogens is 1. The summed E-state index contributed by atoms with van der Waals surface area (Å²) in [5.74, 6) is -0.283. The summed E-state index contributed by atoms with van der Waals surface area (Å²) < 4.78 is 0. The number of aromatic nitrogens is 2. The lowest BCUT2D eigenvalue weighted by molar-refractivity contribution is -0.385. The third-order valence-corrected chi connectivity index (χ3v) is 4.13. The van der Waals surface area contributed by atoms with Gasteiger partial charge in [-0.1, -0.05) is 30.3 Å². The van der Waals surface area contributed by atoms with E-state index in [2.05, 4.69) is 15.3 Å². The largest absolute Gasteiger partial charge is 0.348 e. The number of nitro groups is 1. The van der Waals surface area contributed by atoms with E-state index in [1.807, 2.05) is 30.3 Å². The normalized spacial score (nSPS) is 11.5. The highest BCUT2D eigenvalue weighted by atomic mass is 35.5. The van der Waals surface area contributed by atoms with Crippen LogP contribution in [0.15, 0.2) is 54.9 Å². The Balaban J connectivity index is 0.00000210. The molecule has 0 bridgehead atoms. The summed E-state index contributed by atoms with van der Waals surface area (Å²) >= 11 is 0. The highest BCUT2D eigenvalue weighted by Crippen LogP contribution is 2.22. The molecule has 4 N–H and O–H groups in total. The first-order valence-corrected chi connectivity index (χ1v) is 8.41. The predicted molar refractivity (Wildman–Crippen MR) is 117 cm³/mol. The van der Waals surface area contributed by atoms with Crippen LogP contribution in [-0.4, -0.2) is 33.4 Å². The average molecular weight is 438 g/mol. The number of nitrogens with zero attached hydrogens (tertiary/aromatic N) is 2. The van der Waals surface area contributed by atoms with Gasteiger partial charge < -0.3 is 16.0 Å². The number of rotatable bonds is 7. The van der Waals surface area contributed by atoms with Crippen LogP contribution < -0.4 is 11.1 Å². The Hall–Kier alpha value is -2.94. The second kappa shape index (κ2) is 11.2. The molecule has 2 heterocycles. The first-order valence-electron chi connectivity index (χ1n) is 8.41. The highest BCUT2D eigenvalue weighted by molar-refractivity contribution is 5.96. The van der Waals surface area contributed by atoms with E-state index in [1.165, 1.54) is 18.3 Å². The minimum absolute atomic E-state index is 0. The van der Waals surface area contributed by atoms with Gasteiger partial charge in [-0.25, -0.2) is 4.98 Å². The first-order chi connectivity index (χ1) is 13.1. The fourth-order valence-electron chi connectivity index (χ4n) is 2.76. The van der Waals surface area contributed by atoms with Crippen molar-refractivity contribution < 1.29 is 9.72 Å². The number of amides is 1. The molecule has 2 aromatic heterocycles. The zero-order valence-electron chi connectivity index (χ0n) is 15.3. The number of nitrogens with one attached hydrogen (secondary N) is 2. The van der Waals surface area contributed by atoms with Gasteiger partial charge in [0.05, 0.1) is 4.92 Å². The fourth-order valence-corrected chi connectivity index (χ4v) is 2.76. The standard InChI is InChI=1S/C19H19N5O3.2ClH/c20-10-15(8-13-4-2-1-3-5-13)23-18(25)7-6-14-11-21-19-17(14)9-16(12-22-19)24(26)27;;/h1-7,9,11-12,15H,8,10,20H2,(H,21,22)(H,23,25);2*1H/t15-;;/m0../s1. The van der Waals surface area contributed by atoms with Crippen molar-refractivity contribution in [1.29, 1.82) is 0 Å². The van der Waals surface area contributed by atoms with Gasteiger partial charge in [0.25, 0.3) is 5.69 Å². The number of fused-ring (bicyclic) bond motifs is 1. The third-order valence-electron chi connectivity index (χ3n) is 4.13. The number of hydrogen-bond donors (Lipinski definition) is 3. The molecule has 29 heavy (non-hydrogen) atoms. The first kappa shape index (κ1) is 24.1. The van der Waals surface area contributed by atoms with Gasteiger partial charge in [0.2, 0.25) is 5.91 Å². The van der Waals surface area contributed by atoms with Crippen molar-refractivity contribution in [3.05, 3.63) is 76.1 Å². The molecule has 1 amide bonds. The van der Waals surface area contributed by atoms with E-state index in [4.69, 9.17) is 5.73 Å². The van der Waals surface area contributed by atoms with Gasteiger partial charge in [-0.05, 0) is 18.1 Å². The van der Waals surface area contributed by atoms with Crippen LogP contribution >= 0.6 is 24.8 Å². The number of benzene rings is 1. The summed E-state index contributed by atoms with van der Waals surface area (Å²) in [6, 6.07) is 11.0. The van der Waals surface area contributed by atoms with E-state index in [-0.39, 0.29) is 42.5 Å². The Morgan fingerprint density at radius 1 is 1.31 bits per heavy atom. The van der Waals surface area contributed by atoms with Crippen molar-refractivity contribution in [2.24, 2.45) is 5.73 Å². The van der Waals surface area contributed by atoms with E-state index in [0.29, 0.717) is 29.6 Å². The molecular formula is C19H21Cl2N5O3. The molecule has 0 radical (unpaired) electrons. The maximum Gasteiger partial charge on any atom is 0.288 e. The molecule has 0 unspecified atom stereocenters. The number of hydrogen-bond acceptors (Lipinski definition) is 5.